The zero-order chi connectivity index (χ0) is 16.2. The molecule has 1 saturated heterocycles. The Morgan fingerprint density at radius 2 is 1.95 bits per heavy atom. The number of sulfone groups is 1. The molecular weight excluding hydrogens is 304 g/mol. The van der Waals surface area contributed by atoms with Crippen LogP contribution in [0.25, 0.3) is 0 Å². The first-order valence-corrected chi connectivity index (χ1v) is 8.97. The minimum atomic E-state index is -3.43. The number of ether oxygens (including phenoxy) is 1. The Morgan fingerprint density at radius 1 is 1.32 bits per heavy atom. The van der Waals surface area contributed by atoms with E-state index in [1.54, 1.807) is 24.3 Å². The third-order valence-corrected chi connectivity index (χ3v) is 6.04. The number of carbonyl (C=O) groups excluding carboxylic acids is 1. The molecule has 0 radical (unpaired) electrons. The van der Waals surface area contributed by atoms with E-state index in [-0.39, 0.29) is 0 Å². The second kappa shape index (κ2) is 7.11. The van der Waals surface area contributed by atoms with Crippen LogP contribution in [0.2, 0.25) is 0 Å². The molecule has 0 aromatic heterocycles. The molecule has 0 unspecified atom stereocenters. The number of methoxy groups -OCH3 is 1. The molecule has 1 heterocycles. The van der Waals surface area contributed by atoms with Crippen molar-refractivity contribution < 1.29 is 17.9 Å². The molecule has 1 amide bonds. The second-order valence-electron chi connectivity index (χ2n) is 5.56. The normalized spacial score (nSPS) is 17.2. The number of hydrogen-bond donors (Lipinski definition) is 1. The number of para-hydroxylation sites is 2. The fourth-order valence-corrected chi connectivity index (χ4v) is 4.18. The Bertz CT molecular complexity index is 622. The SMILES string of the molecule is COc1ccccc1NC(=O)CS(=O)(=O)C1CCN(C)CC1. The van der Waals surface area contributed by atoms with Crippen molar-refractivity contribution in [1.29, 1.82) is 0 Å². The lowest BCUT2D eigenvalue weighted by Gasteiger charge is -2.28. The smallest absolute Gasteiger partial charge is 0.239 e. The topological polar surface area (TPSA) is 75.7 Å². The van der Waals surface area contributed by atoms with Crippen LogP contribution in [0, 0.1) is 0 Å². The predicted octanol–water partition coefficient (Wildman–Crippen LogP) is 1.14. The number of hydrogen-bond acceptors (Lipinski definition) is 5. The molecule has 0 atom stereocenters. The van der Waals surface area contributed by atoms with Crippen molar-refractivity contribution in [3.8, 4) is 5.75 Å². The van der Waals surface area contributed by atoms with Crippen LogP contribution >= 0.6 is 0 Å². The molecule has 2 rings (SSSR count). The molecule has 6 nitrogen and oxygen atoms in total. The van der Waals surface area contributed by atoms with Gasteiger partial charge in [-0.2, -0.15) is 0 Å². The summed E-state index contributed by atoms with van der Waals surface area (Å²) < 4.78 is 29.8. The van der Waals surface area contributed by atoms with E-state index in [2.05, 4.69) is 10.2 Å². The summed E-state index contributed by atoms with van der Waals surface area (Å²) in [7, 11) is 0.0445. The summed E-state index contributed by atoms with van der Waals surface area (Å²) in [6.07, 6.45) is 1.17. The quantitative estimate of drug-likeness (QED) is 0.878. The number of rotatable bonds is 5. The van der Waals surface area contributed by atoms with Gasteiger partial charge in [-0.3, -0.25) is 4.79 Å². The van der Waals surface area contributed by atoms with Gasteiger partial charge in [-0.25, -0.2) is 8.42 Å². The molecule has 1 fully saturated rings. The van der Waals surface area contributed by atoms with Crippen molar-refractivity contribution in [3.05, 3.63) is 24.3 Å². The van der Waals surface area contributed by atoms with Crippen molar-refractivity contribution in [2.24, 2.45) is 0 Å². The highest BCUT2D eigenvalue weighted by Gasteiger charge is 2.30. The number of carbonyl (C=O) groups is 1. The first-order chi connectivity index (χ1) is 10.4. The van der Waals surface area contributed by atoms with Crippen LogP contribution < -0.4 is 10.1 Å². The average molecular weight is 326 g/mol. The molecule has 0 spiro atoms. The first kappa shape index (κ1) is 16.8. The molecule has 0 aliphatic carbocycles. The molecule has 0 saturated carbocycles. The van der Waals surface area contributed by atoms with E-state index >= 15 is 0 Å². The number of likely N-dealkylation sites (tertiary alicyclic amines) is 1. The monoisotopic (exact) mass is 326 g/mol. The molecule has 1 aliphatic heterocycles. The molecule has 7 heteroatoms. The van der Waals surface area contributed by atoms with Gasteiger partial charge in [0.05, 0.1) is 18.0 Å². The highest BCUT2D eigenvalue weighted by atomic mass is 32.2. The number of benzene rings is 1. The molecular formula is C15H22N2O4S. The van der Waals surface area contributed by atoms with Gasteiger partial charge in [0.2, 0.25) is 5.91 Å². The van der Waals surface area contributed by atoms with Crippen LogP contribution in [-0.4, -0.2) is 57.5 Å². The Balaban J connectivity index is 1.99. The molecule has 1 N–H and O–H groups in total. The van der Waals surface area contributed by atoms with E-state index in [4.69, 9.17) is 4.74 Å². The molecule has 1 aliphatic rings. The fraction of sp³-hybridized carbons (Fsp3) is 0.533. The third-order valence-electron chi connectivity index (χ3n) is 3.89. The minimum absolute atomic E-state index is 0.424. The zero-order valence-corrected chi connectivity index (χ0v) is 13.7. The van der Waals surface area contributed by atoms with Crippen LogP contribution in [0.4, 0.5) is 5.69 Å². The van der Waals surface area contributed by atoms with Gasteiger partial charge >= 0.3 is 0 Å². The number of piperidine rings is 1. The highest BCUT2D eigenvalue weighted by Crippen LogP contribution is 2.23. The largest absolute Gasteiger partial charge is 0.495 e. The maximum Gasteiger partial charge on any atom is 0.239 e. The van der Waals surface area contributed by atoms with E-state index in [9.17, 15) is 13.2 Å². The van der Waals surface area contributed by atoms with E-state index < -0.39 is 26.7 Å². The van der Waals surface area contributed by atoms with Crippen molar-refractivity contribution in [2.45, 2.75) is 18.1 Å². The van der Waals surface area contributed by atoms with Gasteiger partial charge in [-0.1, -0.05) is 12.1 Å². The van der Waals surface area contributed by atoms with Crippen LogP contribution in [0.15, 0.2) is 24.3 Å². The lowest BCUT2D eigenvalue weighted by Crippen LogP contribution is -2.39. The average Bonchev–Trinajstić information content (AvgIpc) is 2.47. The van der Waals surface area contributed by atoms with Crippen molar-refractivity contribution in [2.75, 3.05) is 38.3 Å². The highest BCUT2D eigenvalue weighted by molar-refractivity contribution is 7.92. The summed E-state index contributed by atoms with van der Waals surface area (Å²) in [5, 5.41) is 2.19. The summed E-state index contributed by atoms with van der Waals surface area (Å²) >= 11 is 0. The van der Waals surface area contributed by atoms with Crippen LogP contribution in [0.5, 0.6) is 5.75 Å². The van der Waals surface area contributed by atoms with E-state index in [1.807, 2.05) is 7.05 Å². The summed E-state index contributed by atoms with van der Waals surface area (Å²) in [5.41, 5.74) is 0.480. The lowest BCUT2D eigenvalue weighted by atomic mass is 10.1. The van der Waals surface area contributed by atoms with Gasteiger partial charge in [0.15, 0.2) is 9.84 Å². The Labute approximate surface area is 131 Å². The van der Waals surface area contributed by atoms with Gasteiger partial charge in [-0.15, -0.1) is 0 Å². The Morgan fingerprint density at radius 3 is 2.59 bits per heavy atom. The number of nitrogens with one attached hydrogen (secondary N) is 1. The summed E-state index contributed by atoms with van der Waals surface area (Å²) in [6.45, 7) is 1.50. The first-order valence-electron chi connectivity index (χ1n) is 7.25. The Hall–Kier alpha value is -1.60. The Kier molecular flexibility index (Phi) is 5.42. The van der Waals surface area contributed by atoms with Gasteiger partial charge in [0.1, 0.15) is 11.5 Å². The van der Waals surface area contributed by atoms with Gasteiger partial charge in [-0.05, 0) is 45.1 Å². The van der Waals surface area contributed by atoms with Gasteiger partial charge < -0.3 is 15.0 Å². The van der Waals surface area contributed by atoms with Gasteiger partial charge in [0, 0.05) is 0 Å². The number of anilines is 1. The van der Waals surface area contributed by atoms with Gasteiger partial charge in [0.25, 0.3) is 0 Å². The van der Waals surface area contributed by atoms with Crippen molar-refractivity contribution in [3.63, 3.8) is 0 Å². The zero-order valence-electron chi connectivity index (χ0n) is 12.9. The predicted molar refractivity (Wildman–Crippen MR) is 85.9 cm³/mol. The molecule has 1 aromatic rings. The fourth-order valence-electron chi connectivity index (χ4n) is 2.58. The third kappa shape index (κ3) is 4.20. The van der Waals surface area contributed by atoms with Crippen molar-refractivity contribution in [1.82, 2.24) is 4.90 Å². The van der Waals surface area contributed by atoms with Crippen LogP contribution in [0.1, 0.15) is 12.8 Å². The molecule has 0 bridgehead atoms. The molecule has 122 valence electrons. The van der Waals surface area contributed by atoms with E-state index in [1.165, 1.54) is 7.11 Å². The van der Waals surface area contributed by atoms with E-state index in [0.29, 0.717) is 24.3 Å². The second-order valence-corrected chi connectivity index (χ2v) is 7.84. The van der Waals surface area contributed by atoms with E-state index in [0.717, 1.165) is 13.1 Å². The molecule has 1 aromatic carbocycles. The minimum Gasteiger partial charge on any atom is -0.495 e. The van der Waals surface area contributed by atoms with Crippen LogP contribution in [0.3, 0.4) is 0 Å². The summed E-state index contributed by atoms with van der Waals surface area (Å²) in [6, 6.07) is 6.92. The molecule has 22 heavy (non-hydrogen) atoms. The summed E-state index contributed by atoms with van der Waals surface area (Å²) in [4.78, 5) is 14.1. The maximum atomic E-state index is 12.3. The summed E-state index contributed by atoms with van der Waals surface area (Å²) in [5.74, 6) is -0.504. The number of amides is 1. The maximum absolute atomic E-state index is 12.3. The van der Waals surface area contributed by atoms with Crippen molar-refractivity contribution >= 4 is 21.4 Å². The van der Waals surface area contributed by atoms with Crippen LogP contribution in [-0.2, 0) is 14.6 Å². The lowest BCUT2D eigenvalue weighted by molar-refractivity contribution is -0.113. The standard InChI is InChI=1S/C15H22N2O4S/c1-17-9-7-12(8-10-17)22(19,20)11-15(18)16-13-5-3-4-6-14(13)21-2/h3-6,12H,7-11H2,1-2H3,(H,16,18). The number of nitrogens with zero attached hydrogens (tertiary/aromatic N) is 1.